The van der Waals surface area contributed by atoms with Crippen molar-refractivity contribution in [3.63, 3.8) is 0 Å². The number of likely N-dealkylation sites (N-methyl/N-ethyl adjacent to an activating group) is 1. The third-order valence-electron chi connectivity index (χ3n) is 6.44. The molecule has 0 spiro atoms. The molecule has 4 aromatic rings. The van der Waals surface area contributed by atoms with Gasteiger partial charge in [0.1, 0.15) is 33.5 Å². The zero-order valence-corrected chi connectivity index (χ0v) is 20.5. The molecule has 36 heavy (non-hydrogen) atoms. The summed E-state index contributed by atoms with van der Waals surface area (Å²) in [4.78, 5) is 43.3. The SMILES string of the molecule is COc1ccc(F)cc1[C@@H](O)Cn1c(=O)n([C@H]2CCN(C)C2=O)c(=O)c2c(C)c(-n3nccn3)sc21. The van der Waals surface area contributed by atoms with Crippen molar-refractivity contribution in [1.29, 1.82) is 0 Å². The maximum atomic E-state index is 14.0. The van der Waals surface area contributed by atoms with E-state index in [1.165, 1.54) is 45.9 Å². The highest BCUT2D eigenvalue weighted by atomic mass is 32.1. The van der Waals surface area contributed by atoms with Crippen LogP contribution in [0.25, 0.3) is 15.2 Å². The highest BCUT2D eigenvalue weighted by Crippen LogP contribution is 2.33. The van der Waals surface area contributed by atoms with Crippen molar-refractivity contribution < 1.29 is 19.0 Å². The van der Waals surface area contributed by atoms with Crippen LogP contribution in [0.3, 0.4) is 0 Å². The third-order valence-corrected chi connectivity index (χ3v) is 7.72. The summed E-state index contributed by atoms with van der Waals surface area (Å²) in [7, 11) is 3.00. The molecule has 188 valence electrons. The van der Waals surface area contributed by atoms with Gasteiger partial charge in [-0.05, 0) is 31.5 Å². The number of hydrogen-bond acceptors (Lipinski definition) is 8. The number of carbonyl (C=O) groups is 1. The maximum absolute atomic E-state index is 14.0. The maximum Gasteiger partial charge on any atom is 0.332 e. The van der Waals surface area contributed by atoms with Crippen molar-refractivity contribution in [2.24, 2.45) is 0 Å². The zero-order valence-electron chi connectivity index (χ0n) is 19.7. The van der Waals surface area contributed by atoms with Gasteiger partial charge in [-0.25, -0.2) is 13.8 Å². The minimum absolute atomic E-state index is 0.147. The number of rotatable bonds is 6. The van der Waals surface area contributed by atoms with Crippen LogP contribution >= 0.6 is 11.3 Å². The van der Waals surface area contributed by atoms with E-state index >= 15 is 0 Å². The fraction of sp³-hybridized carbons (Fsp3) is 0.348. The molecule has 0 bridgehead atoms. The van der Waals surface area contributed by atoms with Gasteiger partial charge >= 0.3 is 5.69 Å². The van der Waals surface area contributed by atoms with Crippen LogP contribution in [-0.2, 0) is 11.3 Å². The number of aliphatic hydroxyl groups excluding tert-OH is 1. The lowest BCUT2D eigenvalue weighted by molar-refractivity contribution is -0.129. The van der Waals surface area contributed by atoms with Gasteiger partial charge in [0.15, 0.2) is 0 Å². The zero-order chi connectivity index (χ0) is 25.7. The first-order chi connectivity index (χ1) is 17.2. The number of nitrogens with zero attached hydrogens (tertiary/aromatic N) is 6. The second-order valence-electron chi connectivity index (χ2n) is 8.57. The Morgan fingerprint density at radius 1 is 1.25 bits per heavy atom. The molecule has 13 heteroatoms. The van der Waals surface area contributed by atoms with Gasteiger partial charge < -0.3 is 14.7 Å². The highest BCUT2D eigenvalue weighted by Gasteiger charge is 2.35. The quantitative estimate of drug-likeness (QED) is 0.412. The molecule has 3 aromatic heterocycles. The van der Waals surface area contributed by atoms with Crippen molar-refractivity contribution in [2.75, 3.05) is 20.7 Å². The van der Waals surface area contributed by atoms with E-state index < -0.39 is 29.2 Å². The summed E-state index contributed by atoms with van der Waals surface area (Å²) in [5, 5.41) is 20.1. The molecule has 1 N–H and O–H groups in total. The standard InChI is InChI=1S/C23H23FN6O5S/c1-12-18-20(33)29(15-6-9-27(2)19(15)32)23(34)28(22(18)36-21(12)30-25-7-8-26-30)11-16(31)14-10-13(24)4-5-17(14)35-3/h4-5,7-8,10,15-16,31H,6,9,11H2,1-3H3/t15-,16-/m0/s1. The molecule has 1 amide bonds. The first-order valence-electron chi connectivity index (χ1n) is 11.1. The number of aliphatic hydroxyl groups is 1. The predicted octanol–water partition coefficient (Wildman–Crippen LogP) is 1.40. The Labute approximate surface area is 207 Å². The van der Waals surface area contributed by atoms with E-state index in [1.54, 1.807) is 14.0 Å². The molecule has 2 atom stereocenters. The Morgan fingerprint density at radius 3 is 2.61 bits per heavy atom. The number of benzene rings is 1. The van der Waals surface area contributed by atoms with Gasteiger partial charge in [-0.15, -0.1) is 4.80 Å². The van der Waals surface area contributed by atoms with Crippen LogP contribution < -0.4 is 16.0 Å². The second-order valence-corrected chi connectivity index (χ2v) is 9.54. The molecule has 1 aromatic carbocycles. The normalized spacial score (nSPS) is 16.8. The van der Waals surface area contributed by atoms with Crippen molar-refractivity contribution in [3.05, 3.63) is 68.4 Å². The molecule has 1 fully saturated rings. The number of ether oxygens (including phenoxy) is 1. The number of likely N-dealkylation sites (tertiary alicyclic amines) is 1. The largest absolute Gasteiger partial charge is 0.496 e. The monoisotopic (exact) mass is 514 g/mol. The second kappa shape index (κ2) is 8.99. The van der Waals surface area contributed by atoms with Crippen molar-refractivity contribution in [2.45, 2.75) is 32.0 Å². The van der Waals surface area contributed by atoms with Gasteiger partial charge in [0.25, 0.3) is 5.56 Å². The molecule has 0 saturated carbocycles. The summed E-state index contributed by atoms with van der Waals surface area (Å²) < 4.78 is 21.5. The fourth-order valence-electron chi connectivity index (χ4n) is 4.58. The highest BCUT2D eigenvalue weighted by molar-refractivity contribution is 7.21. The van der Waals surface area contributed by atoms with Gasteiger partial charge in [0, 0.05) is 24.7 Å². The minimum Gasteiger partial charge on any atom is -0.496 e. The van der Waals surface area contributed by atoms with Crippen LogP contribution in [0, 0.1) is 12.7 Å². The van der Waals surface area contributed by atoms with Crippen LogP contribution in [0.5, 0.6) is 5.75 Å². The number of carbonyl (C=O) groups excluding carboxylic acids is 1. The third kappa shape index (κ3) is 3.71. The van der Waals surface area contributed by atoms with Crippen molar-refractivity contribution >= 4 is 27.5 Å². The predicted molar refractivity (Wildman–Crippen MR) is 129 cm³/mol. The van der Waals surface area contributed by atoms with Crippen LogP contribution in [0.15, 0.2) is 40.2 Å². The van der Waals surface area contributed by atoms with E-state index in [0.29, 0.717) is 28.4 Å². The Morgan fingerprint density at radius 2 is 1.97 bits per heavy atom. The van der Waals surface area contributed by atoms with Gasteiger partial charge in [0.05, 0.1) is 31.4 Å². The smallest absolute Gasteiger partial charge is 0.332 e. The Balaban J connectivity index is 1.75. The average molecular weight is 515 g/mol. The summed E-state index contributed by atoms with van der Waals surface area (Å²) in [6.45, 7) is 1.81. The lowest BCUT2D eigenvalue weighted by Crippen LogP contribution is -2.44. The summed E-state index contributed by atoms with van der Waals surface area (Å²) in [5.74, 6) is -0.668. The van der Waals surface area contributed by atoms with E-state index in [-0.39, 0.29) is 29.2 Å². The molecule has 1 saturated heterocycles. The van der Waals surface area contributed by atoms with Gasteiger partial charge in [-0.2, -0.15) is 10.2 Å². The number of amides is 1. The summed E-state index contributed by atoms with van der Waals surface area (Å²) >= 11 is 1.12. The van der Waals surface area contributed by atoms with E-state index in [4.69, 9.17) is 4.74 Å². The molecule has 4 heterocycles. The van der Waals surface area contributed by atoms with Crippen LogP contribution in [0.1, 0.15) is 29.7 Å². The van der Waals surface area contributed by atoms with Crippen molar-refractivity contribution in [1.82, 2.24) is 29.0 Å². The average Bonchev–Trinajstić information content (AvgIpc) is 3.58. The lowest BCUT2D eigenvalue weighted by atomic mass is 10.1. The van der Waals surface area contributed by atoms with Crippen LogP contribution in [-0.4, -0.2) is 60.7 Å². The van der Waals surface area contributed by atoms with Gasteiger partial charge in [-0.1, -0.05) is 11.3 Å². The number of methoxy groups -OCH3 is 1. The summed E-state index contributed by atoms with van der Waals surface area (Å²) in [5.41, 5.74) is -0.647. The first kappa shape index (κ1) is 23.9. The van der Waals surface area contributed by atoms with E-state index in [2.05, 4.69) is 10.2 Å². The van der Waals surface area contributed by atoms with Crippen molar-refractivity contribution in [3.8, 4) is 10.8 Å². The summed E-state index contributed by atoms with van der Waals surface area (Å²) in [6, 6.07) is 2.76. The van der Waals surface area contributed by atoms with E-state index in [9.17, 15) is 23.9 Å². The number of hydrogen-bond donors (Lipinski definition) is 1. The first-order valence-corrected chi connectivity index (χ1v) is 12.0. The molecule has 0 unspecified atom stereocenters. The Kier molecular flexibility index (Phi) is 5.96. The lowest BCUT2D eigenvalue weighted by Gasteiger charge is -2.19. The molecule has 5 rings (SSSR count). The molecular weight excluding hydrogens is 491 g/mol. The van der Waals surface area contributed by atoms with Crippen LogP contribution in [0.4, 0.5) is 4.39 Å². The molecule has 1 aliphatic heterocycles. The number of aromatic nitrogens is 5. The molecule has 0 radical (unpaired) electrons. The molecule has 1 aliphatic rings. The number of thiophene rings is 1. The summed E-state index contributed by atoms with van der Waals surface area (Å²) in [6.07, 6.45) is 1.93. The molecule has 0 aliphatic carbocycles. The van der Waals surface area contributed by atoms with E-state index in [0.717, 1.165) is 22.0 Å². The fourth-order valence-corrected chi connectivity index (χ4v) is 5.80. The molecular formula is C23H23FN6O5S. The topological polar surface area (TPSA) is 124 Å². The van der Waals surface area contributed by atoms with Gasteiger partial charge in [-0.3, -0.25) is 14.2 Å². The van der Waals surface area contributed by atoms with Gasteiger partial charge in [0.2, 0.25) is 5.91 Å². The minimum atomic E-state index is -1.35. The number of aryl methyl sites for hydroxylation is 1. The molecule has 11 nitrogen and oxygen atoms in total. The Hall–Kier alpha value is -3.84. The number of fused-ring (bicyclic) bond motifs is 1. The van der Waals surface area contributed by atoms with E-state index in [1.807, 2.05) is 0 Å². The van der Waals surface area contributed by atoms with Crippen LogP contribution in [0.2, 0.25) is 0 Å². The number of halogens is 1. The Bertz CT molecular complexity index is 1590.